The van der Waals surface area contributed by atoms with Crippen molar-refractivity contribution in [2.24, 2.45) is 0 Å². The van der Waals surface area contributed by atoms with Crippen molar-refractivity contribution in [2.75, 3.05) is 23.4 Å². The van der Waals surface area contributed by atoms with Crippen LogP contribution in [-0.2, 0) is 16.3 Å². The van der Waals surface area contributed by atoms with E-state index in [2.05, 4.69) is 10.6 Å². The van der Waals surface area contributed by atoms with Crippen molar-refractivity contribution < 1.29 is 13.2 Å². The molecule has 2 heterocycles. The van der Waals surface area contributed by atoms with E-state index in [0.717, 1.165) is 24.2 Å². The number of amides is 1. The Bertz CT molecular complexity index is 669. The Morgan fingerprint density at radius 2 is 2.20 bits per heavy atom. The molecule has 0 radical (unpaired) electrons. The van der Waals surface area contributed by atoms with Crippen molar-refractivity contribution in [3.8, 4) is 0 Å². The van der Waals surface area contributed by atoms with Crippen LogP contribution in [0.2, 0.25) is 0 Å². The average molecular weight is 294 g/mol. The summed E-state index contributed by atoms with van der Waals surface area (Å²) in [6.07, 6.45) is 1.40. The maximum absolute atomic E-state index is 12.3. The third kappa shape index (κ3) is 2.52. The second-order valence-electron chi connectivity index (χ2n) is 5.91. The van der Waals surface area contributed by atoms with Gasteiger partial charge in [-0.3, -0.25) is 4.79 Å². The molecule has 20 heavy (non-hydrogen) atoms. The lowest BCUT2D eigenvalue weighted by Crippen LogP contribution is -2.46. The molecule has 3 rings (SSSR count). The summed E-state index contributed by atoms with van der Waals surface area (Å²) in [5.41, 5.74) is 2.17. The molecular formula is C14H18N2O3S. The van der Waals surface area contributed by atoms with Crippen molar-refractivity contribution in [3.05, 3.63) is 29.3 Å². The van der Waals surface area contributed by atoms with E-state index in [0.29, 0.717) is 12.0 Å². The zero-order chi connectivity index (χ0) is 14.4. The van der Waals surface area contributed by atoms with Crippen LogP contribution in [0.5, 0.6) is 0 Å². The second-order valence-corrected chi connectivity index (χ2v) is 8.09. The third-order valence-corrected chi connectivity index (χ3v) is 5.90. The maximum atomic E-state index is 12.3. The first kappa shape index (κ1) is 13.4. The Hall–Kier alpha value is -1.56. The number of sulfone groups is 1. The molecule has 5 nitrogen and oxygen atoms in total. The standard InChI is InChI=1S/C14H18N2O3S/c1-14(5-7-20(18,19)9-14)16-13(17)11-2-3-12-10(8-11)4-6-15-12/h2-3,8,15H,4-7,9H2,1H3,(H,16,17). The fraction of sp³-hybridized carbons (Fsp3) is 0.500. The highest BCUT2D eigenvalue weighted by molar-refractivity contribution is 7.91. The van der Waals surface area contributed by atoms with E-state index in [4.69, 9.17) is 0 Å². The summed E-state index contributed by atoms with van der Waals surface area (Å²) in [6, 6.07) is 5.57. The zero-order valence-corrected chi connectivity index (χ0v) is 12.2. The van der Waals surface area contributed by atoms with Gasteiger partial charge < -0.3 is 10.6 Å². The quantitative estimate of drug-likeness (QED) is 0.852. The highest BCUT2D eigenvalue weighted by Crippen LogP contribution is 2.25. The van der Waals surface area contributed by atoms with Crippen LogP contribution in [0.3, 0.4) is 0 Å². The summed E-state index contributed by atoms with van der Waals surface area (Å²) < 4.78 is 23.1. The van der Waals surface area contributed by atoms with Gasteiger partial charge in [-0.2, -0.15) is 0 Å². The molecule has 0 aromatic heterocycles. The summed E-state index contributed by atoms with van der Waals surface area (Å²) >= 11 is 0. The summed E-state index contributed by atoms with van der Waals surface area (Å²) in [5.74, 6) is -0.0184. The predicted molar refractivity (Wildman–Crippen MR) is 77.8 cm³/mol. The molecule has 2 aliphatic heterocycles. The number of carbonyl (C=O) groups is 1. The molecule has 0 spiro atoms. The van der Waals surface area contributed by atoms with Gasteiger partial charge in [-0.15, -0.1) is 0 Å². The average Bonchev–Trinajstić information content (AvgIpc) is 2.92. The fourth-order valence-corrected chi connectivity index (χ4v) is 4.99. The number of hydrogen-bond acceptors (Lipinski definition) is 4. The van der Waals surface area contributed by atoms with Crippen molar-refractivity contribution in [1.29, 1.82) is 0 Å². The molecule has 2 aliphatic rings. The largest absolute Gasteiger partial charge is 0.384 e. The minimum absolute atomic E-state index is 0.0260. The van der Waals surface area contributed by atoms with Gasteiger partial charge in [0.1, 0.15) is 0 Å². The number of rotatable bonds is 2. The van der Waals surface area contributed by atoms with Crippen LogP contribution in [0.15, 0.2) is 18.2 Å². The molecule has 0 saturated carbocycles. The van der Waals surface area contributed by atoms with E-state index >= 15 is 0 Å². The lowest BCUT2D eigenvalue weighted by atomic mass is 10.0. The number of carbonyl (C=O) groups excluding carboxylic acids is 1. The van der Waals surface area contributed by atoms with Gasteiger partial charge in [-0.25, -0.2) is 8.42 Å². The molecular weight excluding hydrogens is 276 g/mol. The number of hydrogen-bond donors (Lipinski definition) is 2. The summed E-state index contributed by atoms with van der Waals surface area (Å²) in [4.78, 5) is 12.3. The topological polar surface area (TPSA) is 75.3 Å². The molecule has 1 unspecified atom stereocenters. The third-order valence-electron chi connectivity index (χ3n) is 4.00. The molecule has 6 heteroatoms. The molecule has 1 atom stereocenters. The van der Waals surface area contributed by atoms with Crippen LogP contribution in [0.25, 0.3) is 0 Å². The first-order chi connectivity index (χ1) is 9.37. The first-order valence-electron chi connectivity index (χ1n) is 6.77. The number of nitrogens with one attached hydrogen (secondary N) is 2. The SMILES string of the molecule is CC1(NC(=O)c2ccc3c(c2)CCN3)CCS(=O)(=O)C1. The van der Waals surface area contributed by atoms with E-state index in [1.807, 2.05) is 12.1 Å². The summed E-state index contributed by atoms with van der Waals surface area (Å²) in [7, 11) is -3.02. The van der Waals surface area contributed by atoms with E-state index in [-0.39, 0.29) is 17.4 Å². The van der Waals surface area contributed by atoms with Crippen LogP contribution in [0.1, 0.15) is 29.3 Å². The Labute approximate surface area is 118 Å². The molecule has 1 saturated heterocycles. The van der Waals surface area contributed by atoms with Crippen LogP contribution < -0.4 is 10.6 Å². The molecule has 108 valence electrons. The summed E-state index contributed by atoms with van der Waals surface area (Å²) in [6.45, 7) is 2.70. The molecule has 1 amide bonds. The Morgan fingerprint density at radius 1 is 1.40 bits per heavy atom. The van der Waals surface area contributed by atoms with Gasteiger partial charge in [0.15, 0.2) is 9.84 Å². The summed E-state index contributed by atoms with van der Waals surface area (Å²) in [5, 5.41) is 6.13. The van der Waals surface area contributed by atoms with Crippen molar-refractivity contribution in [3.63, 3.8) is 0 Å². The number of fused-ring (bicyclic) bond motifs is 1. The van der Waals surface area contributed by atoms with Crippen LogP contribution in [0, 0.1) is 0 Å². The molecule has 1 aromatic rings. The Morgan fingerprint density at radius 3 is 2.90 bits per heavy atom. The number of anilines is 1. The van der Waals surface area contributed by atoms with E-state index in [9.17, 15) is 13.2 Å². The monoisotopic (exact) mass is 294 g/mol. The van der Waals surface area contributed by atoms with Crippen LogP contribution >= 0.6 is 0 Å². The van der Waals surface area contributed by atoms with Gasteiger partial charge >= 0.3 is 0 Å². The van der Waals surface area contributed by atoms with Gasteiger partial charge in [0, 0.05) is 17.8 Å². The molecule has 1 fully saturated rings. The van der Waals surface area contributed by atoms with E-state index < -0.39 is 15.4 Å². The maximum Gasteiger partial charge on any atom is 0.251 e. The van der Waals surface area contributed by atoms with Crippen molar-refractivity contribution in [1.82, 2.24) is 5.32 Å². The minimum atomic E-state index is -3.02. The van der Waals surface area contributed by atoms with Crippen molar-refractivity contribution in [2.45, 2.75) is 25.3 Å². The lowest BCUT2D eigenvalue weighted by molar-refractivity contribution is 0.0915. The van der Waals surface area contributed by atoms with Crippen molar-refractivity contribution >= 4 is 21.4 Å². The molecule has 0 aliphatic carbocycles. The first-order valence-corrected chi connectivity index (χ1v) is 8.59. The normalized spacial score (nSPS) is 26.9. The molecule has 2 N–H and O–H groups in total. The second kappa shape index (κ2) is 4.48. The molecule has 1 aromatic carbocycles. The lowest BCUT2D eigenvalue weighted by Gasteiger charge is -2.24. The highest BCUT2D eigenvalue weighted by atomic mass is 32.2. The van der Waals surface area contributed by atoms with Gasteiger partial charge in [-0.1, -0.05) is 0 Å². The van der Waals surface area contributed by atoms with E-state index in [1.54, 1.807) is 13.0 Å². The smallest absolute Gasteiger partial charge is 0.251 e. The van der Waals surface area contributed by atoms with Gasteiger partial charge in [-0.05, 0) is 43.5 Å². The van der Waals surface area contributed by atoms with Gasteiger partial charge in [0.2, 0.25) is 0 Å². The van der Waals surface area contributed by atoms with Gasteiger partial charge in [0.25, 0.3) is 5.91 Å². The Balaban J connectivity index is 1.77. The zero-order valence-electron chi connectivity index (χ0n) is 11.4. The van der Waals surface area contributed by atoms with Gasteiger partial charge in [0.05, 0.1) is 17.0 Å². The molecule has 0 bridgehead atoms. The minimum Gasteiger partial charge on any atom is -0.384 e. The van der Waals surface area contributed by atoms with E-state index in [1.165, 1.54) is 0 Å². The Kier molecular flexibility index (Phi) is 3.01. The highest BCUT2D eigenvalue weighted by Gasteiger charge is 2.39. The van der Waals surface area contributed by atoms with Crippen LogP contribution in [-0.4, -0.2) is 37.9 Å². The number of benzene rings is 1. The fourth-order valence-electron chi connectivity index (χ4n) is 2.90. The predicted octanol–water partition coefficient (Wildman–Crippen LogP) is 0.962. The van der Waals surface area contributed by atoms with Crippen LogP contribution in [0.4, 0.5) is 5.69 Å².